The molecule has 3 N–H and O–H groups in total. The van der Waals surface area contributed by atoms with Gasteiger partial charge in [0, 0.05) is 15.8 Å². The van der Waals surface area contributed by atoms with Gasteiger partial charge in [0.25, 0.3) is 0 Å². The van der Waals surface area contributed by atoms with Crippen molar-refractivity contribution in [2.24, 2.45) is 0 Å². The van der Waals surface area contributed by atoms with Gasteiger partial charge in [0.15, 0.2) is 0 Å². The third kappa shape index (κ3) is 5.00. The second kappa shape index (κ2) is 6.79. The van der Waals surface area contributed by atoms with E-state index in [9.17, 15) is 26.4 Å². The summed E-state index contributed by atoms with van der Waals surface area (Å²) in [5.74, 6) is -0.792. The molecule has 0 amide bonds. The molecular weight excluding hydrogens is 428 g/mol. The number of sulfonamides is 1. The lowest BCUT2D eigenvalue weighted by Gasteiger charge is -2.10. The number of halogens is 4. The largest absolute Gasteiger partial charge is 0.511 e. The normalized spacial score (nSPS) is 12.2. The molecule has 0 radical (unpaired) electrons. The van der Waals surface area contributed by atoms with Crippen molar-refractivity contribution >= 4 is 44.3 Å². The van der Waals surface area contributed by atoms with Crippen molar-refractivity contribution in [1.82, 2.24) is 4.72 Å². The average molecular weight is 438 g/mol. The van der Waals surface area contributed by atoms with Crippen molar-refractivity contribution in [2.45, 2.75) is 5.51 Å². The fourth-order valence-electron chi connectivity index (χ4n) is 1.14. The number of alkyl halides is 3. The highest BCUT2D eigenvalue weighted by Crippen LogP contribution is 2.21. The van der Waals surface area contributed by atoms with E-state index in [0.29, 0.717) is 9.26 Å². The van der Waals surface area contributed by atoms with Gasteiger partial charge in [-0.15, -0.1) is 0 Å². The van der Waals surface area contributed by atoms with Crippen LogP contribution in [0.5, 0.6) is 0 Å². The summed E-state index contributed by atoms with van der Waals surface area (Å²) in [5.41, 5.74) is 0.780. The number of nitrogen functional groups attached to an aromatic ring is 1. The van der Waals surface area contributed by atoms with Gasteiger partial charge in [-0.3, -0.25) is 0 Å². The molecule has 0 fully saturated rings. The van der Waals surface area contributed by atoms with Crippen LogP contribution < -0.4 is 10.5 Å². The van der Waals surface area contributed by atoms with E-state index in [-0.39, 0.29) is 5.56 Å². The van der Waals surface area contributed by atoms with Crippen molar-refractivity contribution in [3.8, 4) is 0 Å². The van der Waals surface area contributed by atoms with Gasteiger partial charge < -0.3 is 10.5 Å². The Balaban J connectivity index is 2.50. The molecule has 0 aliphatic carbocycles. The van der Waals surface area contributed by atoms with Crippen LogP contribution in [-0.2, 0) is 14.8 Å². The number of anilines is 1. The SMILES string of the molecule is Nc1ccc(C(=O)OCCNS(=O)(=O)C(F)(F)F)cc1I. The van der Waals surface area contributed by atoms with Gasteiger partial charge in [0.05, 0.1) is 5.56 Å². The topological polar surface area (TPSA) is 98.5 Å². The van der Waals surface area contributed by atoms with E-state index in [1.165, 1.54) is 22.9 Å². The van der Waals surface area contributed by atoms with E-state index in [4.69, 9.17) is 5.73 Å². The zero-order valence-corrected chi connectivity index (χ0v) is 13.3. The molecule has 1 rings (SSSR count). The van der Waals surface area contributed by atoms with Crippen LogP contribution in [0.2, 0.25) is 0 Å². The quantitative estimate of drug-likeness (QED) is 0.314. The molecule has 0 atom stereocenters. The highest BCUT2D eigenvalue weighted by Gasteiger charge is 2.45. The van der Waals surface area contributed by atoms with E-state index < -0.39 is 34.7 Å². The molecule has 21 heavy (non-hydrogen) atoms. The van der Waals surface area contributed by atoms with Crippen LogP contribution in [0.4, 0.5) is 18.9 Å². The molecule has 0 aromatic heterocycles. The first kappa shape index (κ1) is 18.0. The van der Waals surface area contributed by atoms with Gasteiger partial charge >= 0.3 is 21.5 Å². The molecule has 1 aromatic rings. The lowest BCUT2D eigenvalue weighted by atomic mass is 10.2. The summed E-state index contributed by atoms with van der Waals surface area (Å²) in [5, 5.41) is 0. The number of benzene rings is 1. The average Bonchev–Trinajstić information content (AvgIpc) is 2.36. The molecular formula is C10H10F3IN2O4S. The molecule has 0 bridgehead atoms. The zero-order chi connectivity index (χ0) is 16.3. The van der Waals surface area contributed by atoms with Crippen LogP contribution in [0.25, 0.3) is 0 Å². The van der Waals surface area contributed by atoms with Gasteiger partial charge in [-0.05, 0) is 40.8 Å². The number of rotatable bonds is 5. The van der Waals surface area contributed by atoms with E-state index in [0.717, 1.165) is 0 Å². The van der Waals surface area contributed by atoms with Gasteiger partial charge in [-0.2, -0.15) is 13.2 Å². The highest BCUT2D eigenvalue weighted by molar-refractivity contribution is 14.1. The molecule has 0 aliphatic heterocycles. The maximum atomic E-state index is 12.0. The van der Waals surface area contributed by atoms with Gasteiger partial charge in [-0.25, -0.2) is 17.9 Å². The van der Waals surface area contributed by atoms with E-state index >= 15 is 0 Å². The minimum Gasteiger partial charge on any atom is -0.461 e. The number of esters is 1. The molecule has 0 spiro atoms. The molecule has 0 aliphatic rings. The number of nitrogens with one attached hydrogen (secondary N) is 1. The predicted molar refractivity (Wildman–Crippen MR) is 76.8 cm³/mol. The van der Waals surface area contributed by atoms with Crippen molar-refractivity contribution < 1.29 is 31.1 Å². The number of ether oxygens (including phenoxy) is 1. The Bertz CT molecular complexity index is 634. The second-order valence-electron chi connectivity index (χ2n) is 3.72. The first-order valence-corrected chi connectivity index (χ1v) is 7.89. The fraction of sp³-hybridized carbons (Fsp3) is 0.300. The first-order chi connectivity index (χ1) is 9.54. The number of hydrogen-bond donors (Lipinski definition) is 2. The molecule has 0 saturated heterocycles. The number of hydrogen-bond acceptors (Lipinski definition) is 5. The first-order valence-electron chi connectivity index (χ1n) is 5.32. The monoisotopic (exact) mass is 438 g/mol. The van der Waals surface area contributed by atoms with Crippen LogP contribution in [0.3, 0.4) is 0 Å². The number of carbonyl (C=O) groups is 1. The molecule has 0 unspecified atom stereocenters. The Hall–Kier alpha value is -1.08. The summed E-state index contributed by atoms with van der Waals surface area (Å²) < 4.78 is 63.8. The summed E-state index contributed by atoms with van der Waals surface area (Å²) >= 11 is 1.90. The number of carbonyl (C=O) groups excluding carboxylic acids is 1. The van der Waals surface area contributed by atoms with Crippen molar-refractivity contribution in [3.05, 3.63) is 27.3 Å². The second-order valence-corrected chi connectivity index (χ2v) is 6.64. The van der Waals surface area contributed by atoms with E-state index in [1.54, 1.807) is 0 Å². The third-order valence-corrected chi connectivity index (χ3v) is 4.30. The summed E-state index contributed by atoms with van der Waals surface area (Å²) in [4.78, 5) is 11.6. The summed E-state index contributed by atoms with van der Waals surface area (Å²) in [6.07, 6.45) is 0. The van der Waals surface area contributed by atoms with E-state index in [2.05, 4.69) is 4.74 Å². The summed E-state index contributed by atoms with van der Waals surface area (Å²) in [7, 11) is -5.43. The molecule has 0 heterocycles. The predicted octanol–water partition coefficient (Wildman–Crippen LogP) is 1.47. The zero-order valence-electron chi connectivity index (χ0n) is 10.3. The van der Waals surface area contributed by atoms with Crippen LogP contribution in [0.15, 0.2) is 18.2 Å². The molecule has 11 heteroatoms. The van der Waals surface area contributed by atoms with Crippen LogP contribution in [-0.4, -0.2) is 33.0 Å². The van der Waals surface area contributed by atoms with Crippen molar-refractivity contribution in [2.75, 3.05) is 18.9 Å². The highest BCUT2D eigenvalue weighted by atomic mass is 127. The van der Waals surface area contributed by atoms with Gasteiger partial charge in [0.2, 0.25) is 0 Å². The maximum absolute atomic E-state index is 12.0. The van der Waals surface area contributed by atoms with Crippen LogP contribution >= 0.6 is 22.6 Å². The van der Waals surface area contributed by atoms with Crippen LogP contribution in [0, 0.1) is 3.57 Å². The Morgan fingerprint density at radius 2 is 2.00 bits per heavy atom. The molecule has 118 valence electrons. The van der Waals surface area contributed by atoms with Gasteiger partial charge in [0.1, 0.15) is 6.61 Å². The minimum absolute atomic E-state index is 0.160. The minimum atomic E-state index is -5.43. The summed E-state index contributed by atoms with van der Waals surface area (Å²) in [6, 6.07) is 4.31. The van der Waals surface area contributed by atoms with E-state index in [1.807, 2.05) is 22.6 Å². The maximum Gasteiger partial charge on any atom is 0.511 e. The Morgan fingerprint density at radius 1 is 1.38 bits per heavy atom. The van der Waals surface area contributed by atoms with Crippen molar-refractivity contribution in [1.29, 1.82) is 0 Å². The molecule has 6 nitrogen and oxygen atoms in total. The standard InChI is InChI=1S/C10H10F3IN2O4S/c11-10(12,13)21(18,19)16-3-4-20-9(17)6-1-2-8(15)7(14)5-6/h1-2,5,16H,3-4,15H2. The third-order valence-electron chi connectivity index (χ3n) is 2.17. The Labute approximate surface area is 132 Å². The number of nitrogens with two attached hydrogens (primary N) is 1. The smallest absolute Gasteiger partial charge is 0.461 e. The lowest BCUT2D eigenvalue weighted by molar-refractivity contribution is -0.0448. The van der Waals surface area contributed by atoms with Gasteiger partial charge in [-0.1, -0.05) is 0 Å². The molecule has 0 saturated carbocycles. The van der Waals surface area contributed by atoms with Crippen molar-refractivity contribution in [3.63, 3.8) is 0 Å². The lowest BCUT2D eigenvalue weighted by Crippen LogP contribution is -2.38. The molecule has 1 aromatic carbocycles. The Morgan fingerprint density at radius 3 is 2.52 bits per heavy atom. The Kier molecular flexibility index (Phi) is 5.81. The summed E-state index contributed by atoms with van der Waals surface area (Å²) in [6.45, 7) is -1.21. The van der Waals surface area contributed by atoms with Crippen LogP contribution in [0.1, 0.15) is 10.4 Å². The fourth-order valence-corrected chi connectivity index (χ4v) is 2.17.